The van der Waals surface area contributed by atoms with Crippen LogP contribution in [0.1, 0.15) is 90.9 Å². The molecule has 0 amide bonds. The number of nitrogen functional groups attached to an aromatic ring is 2. The molecule has 6 rings (SSSR count). The number of aliphatic hydroxyl groups excluding tert-OH is 1. The predicted octanol–water partition coefficient (Wildman–Crippen LogP) is 5.72. The van der Waals surface area contributed by atoms with Crippen LogP contribution in [-0.2, 0) is 25.7 Å². The standard InChI is InChI=1S/C29H38N2O/c1-16(23-10-8-17-4-3-7-24(17)27(23)30)20-13-21(14-20)22-12-19-9-11-25(28(31)26(19)15-22)29(32)18-5-2-6-18/h8-11,16,18,20-22,29,32H,2-7,12-15,30-31H2,1H3. The van der Waals surface area contributed by atoms with E-state index in [-0.39, 0.29) is 6.10 Å². The van der Waals surface area contributed by atoms with Crippen LogP contribution < -0.4 is 11.5 Å². The number of aryl methyl sites for hydroxylation is 1. The van der Waals surface area contributed by atoms with E-state index in [2.05, 4.69) is 31.2 Å². The van der Waals surface area contributed by atoms with Crippen molar-refractivity contribution in [1.29, 1.82) is 0 Å². The third-order valence-corrected chi connectivity index (χ3v) is 9.79. The van der Waals surface area contributed by atoms with Crippen LogP contribution in [0.15, 0.2) is 24.3 Å². The van der Waals surface area contributed by atoms with Crippen molar-refractivity contribution in [2.75, 3.05) is 11.5 Å². The summed E-state index contributed by atoms with van der Waals surface area (Å²) in [5.41, 5.74) is 23.3. The zero-order valence-corrected chi connectivity index (χ0v) is 19.4. The van der Waals surface area contributed by atoms with Crippen LogP contribution in [0.25, 0.3) is 0 Å². The SMILES string of the molecule is CC(c1ccc2c(c1N)CCC2)C1CC(C2Cc3ccc(C(O)C4CCC4)c(N)c3C2)C1. The number of hydrogen-bond acceptors (Lipinski definition) is 3. The van der Waals surface area contributed by atoms with E-state index in [1.165, 1.54) is 59.9 Å². The lowest BCUT2D eigenvalue weighted by Crippen LogP contribution is -2.33. The molecule has 0 aliphatic heterocycles. The molecule has 3 unspecified atom stereocenters. The molecule has 2 aromatic rings. The highest BCUT2D eigenvalue weighted by atomic mass is 16.3. The van der Waals surface area contributed by atoms with Gasteiger partial charge in [-0.3, -0.25) is 0 Å². The molecule has 3 nitrogen and oxygen atoms in total. The first-order valence-electron chi connectivity index (χ1n) is 13.0. The maximum absolute atomic E-state index is 10.8. The molecule has 0 saturated heterocycles. The number of aliphatic hydroxyl groups is 1. The maximum atomic E-state index is 10.8. The molecule has 0 heterocycles. The van der Waals surface area contributed by atoms with Crippen LogP contribution in [-0.4, -0.2) is 5.11 Å². The first-order valence-corrected chi connectivity index (χ1v) is 13.0. The monoisotopic (exact) mass is 430 g/mol. The molecular formula is C29H38N2O. The van der Waals surface area contributed by atoms with Crippen LogP contribution in [0.2, 0.25) is 0 Å². The Morgan fingerprint density at radius 1 is 0.781 bits per heavy atom. The highest BCUT2D eigenvalue weighted by Crippen LogP contribution is 2.52. The first-order chi connectivity index (χ1) is 15.5. The average Bonchev–Trinajstić information content (AvgIpc) is 3.33. The Hall–Kier alpha value is -2.00. The fraction of sp³-hybridized carbons (Fsp3) is 0.586. The maximum Gasteiger partial charge on any atom is 0.0838 e. The smallest absolute Gasteiger partial charge is 0.0838 e. The van der Waals surface area contributed by atoms with E-state index in [9.17, 15) is 5.11 Å². The van der Waals surface area contributed by atoms with Crippen molar-refractivity contribution >= 4 is 11.4 Å². The van der Waals surface area contributed by atoms with Gasteiger partial charge >= 0.3 is 0 Å². The van der Waals surface area contributed by atoms with Gasteiger partial charge in [0.1, 0.15) is 0 Å². The molecule has 32 heavy (non-hydrogen) atoms. The molecule has 4 aliphatic rings. The van der Waals surface area contributed by atoms with Crippen LogP contribution >= 0.6 is 0 Å². The van der Waals surface area contributed by atoms with Crippen molar-refractivity contribution in [3.8, 4) is 0 Å². The van der Waals surface area contributed by atoms with Crippen LogP contribution in [0, 0.1) is 23.7 Å². The zero-order chi connectivity index (χ0) is 22.0. The lowest BCUT2D eigenvalue weighted by molar-refractivity contribution is 0.0626. The molecule has 0 aromatic heterocycles. The first kappa shape index (κ1) is 20.6. The second kappa shape index (κ2) is 7.80. The van der Waals surface area contributed by atoms with E-state index in [0.717, 1.165) is 60.9 Å². The topological polar surface area (TPSA) is 72.3 Å². The van der Waals surface area contributed by atoms with E-state index >= 15 is 0 Å². The molecule has 0 bridgehead atoms. The molecule has 0 radical (unpaired) electrons. The number of fused-ring (bicyclic) bond motifs is 2. The summed E-state index contributed by atoms with van der Waals surface area (Å²) in [7, 11) is 0. The molecule has 2 aromatic carbocycles. The molecule has 3 atom stereocenters. The Morgan fingerprint density at radius 2 is 1.50 bits per heavy atom. The number of nitrogens with two attached hydrogens (primary N) is 2. The molecule has 4 aliphatic carbocycles. The Balaban J connectivity index is 1.11. The Bertz CT molecular complexity index is 1030. The van der Waals surface area contributed by atoms with E-state index in [4.69, 9.17) is 11.5 Å². The summed E-state index contributed by atoms with van der Waals surface area (Å²) in [5.74, 6) is 3.22. The molecule has 2 fully saturated rings. The van der Waals surface area contributed by atoms with Crippen LogP contribution in [0.3, 0.4) is 0 Å². The number of anilines is 2. The van der Waals surface area contributed by atoms with Crippen LogP contribution in [0.4, 0.5) is 11.4 Å². The second-order valence-corrected chi connectivity index (χ2v) is 11.4. The third kappa shape index (κ3) is 3.19. The van der Waals surface area contributed by atoms with Crippen molar-refractivity contribution in [2.24, 2.45) is 23.7 Å². The summed E-state index contributed by atoms with van der Waals surface area (Å²) >= 11 is 0. The summed E-state index contributed by atoms with van der Waals surface area (Å²) in [4.78, 5) is 0. The lowest BCUT2D eigenvalue weighted by atomic mass is 9.62. The summed E-state index contributed by atoms with van der Waals surface area (Å²) < 4.78 is 0. The molecule has 3 heteroatoms. The third-order valence-electron chi connectivity index (χ3n) is 9.79. The summed E-state index contributed by atoms with van der Waals surface area (Å²) in [6.07, 6.45) is 11.6. The minimum Gasteiger partial charge on any atom is -0.398 e. The van der Waals surface area contributed by atoms with E-state index in [0.29, 0.717) is 17.8 Å². The fourth-order valence-electron chi connectivity index (χ4n) is 7.24. The van der Waals surface area contributed by atoms with Crippen LogP contribution in [0.5, 0.6) is 0 Å². The molecule has 5 N–H and O–H groups in total. The van der Waals surface area contributed by atoms with Crippen molar-refractivity contribution < 1.29 is 5.11 Å². The predicted molar refractivity (Wildman–Crippen MR) is 132 cm³/mol. The van der Waals surface area contributed by atoms with E-state index < -0.39 is 0 Å². The summed E-state index contributed by atoms with van der Waals surface area (Å²) in [5, 5.41) is 10.8. The van der Waals surface area contributed by atoms with E-state index in [1.54, 1.807) is 0 Å². The molecule has 2 saturated carbocycles. The molecular weight excluding hydrogens is 392 g/mol. The van der Waals surface area contributed by atoms with E-state index in [1.807, 2.05) is 0 Å². The summed E-state index contributed by atoms with van der Waals surface area (Å²) in [6, 6.07) is 9.03. The minimum atomic E-state index is -0.375. The highest BCUT2D eigenvalue weighted by molar-refractivity contribution is 5.61. The second-order valence-electron chi connectivity index (χ2n) is 11.4. The van der Waals surface area contributed by atoms with Gasteiger partial charge in [-0.2, -0.15) is 0 Å². The van der Waals surface area contributed by atoms with Gasteiger partial charge in [-0.05, 0) is 115 Å². The van der Waals surface area contributed by atoms with Gasteiger partial charge in [0, 0.05) is 16.9 Å². The minimum absolute atomic E-state index is 0.375. The van der Waals surface area contributed by atoms with Gasteiger partial charge in [0.25, 0.3) is 0 Å². The van der Waals surface area contributed by atoms with Crippen molar-refractivity contribution in [1.82, 2.24) is 0 Å². The highest BCUT2D eigenvalue weighted by Gasteiger charge is 2.41. The zero-order valence-electron chi connectivity index (χ0n) is 19.4. The molecule has 0 spiro atoms. The van der Waals surface area contributed by atoms with Gasteiger partial charge < -0.3 is 16.6 Å². The Kier molecular flexibility index (Phi) is 5.02. The van der Waals surface area contributed by atoms with Gasteiger partial charge in [-0.15, -0.1) is 0 Å². The van der Waals surface area contributed by atoms with Gasteiger partial charge in [0.05, 0.1) is 6.10 Å². The number of rotatable bonds is 5. The van der Waals surface area contributed by atoms with Crippen molar-refractivity contribution in [3.63, 3.8) is 0 Å². The number of hydrogen-bond donors (Lipinski definition) is 3. The molecule has 170 valence electrons. The summed E-state index contributed by atoms with van der Waals surface area (Å²) in [6.45, 7) is 2.39. The average molecular weight is 431 g/mol. The normalized spacial score (nSPS) is 28.5. The van der Waals surface area contributed by atoms with Gasteiger partial charge in [-0.1, -0.05) is 37.6 Å². The van der Waals surface area contributed by atoms with Crippen molar-refractivity contribution in [2.45, 2.75) is 83.2 Å². The quantitative estimate of drug-likeness (QED) is 0.531. The largest absolute Gasteiger partial charge is 0.398 e. The number of benzene rings is 2. The lowest BCUT2D eigenvalue weighted by Gasteiger charge is -2.43. The van der Waals surface area contributed by atoms with Gasteiger partial charge in [0.15, 0.2) is 0 Å². The Labute approximate surface area is 192 Å². The van der Waals surface area contributed by atoms with Crippen molar-refractivity contribution in [3.05, 3.63) is 57.6 Å². The fourth-order valence-corrected chi connectivity index (χ4v) is 7.24. The van der Waals surface area contributed by atoms with Gasteiger partial charge in [0.2, 0.25) is 0 Å². The van der Waals surface area contributed by atoms with Gasteiger partial charge in [-0.25, -0.2) is 0 Å². The Morgan fingerprint density at radius 3 is 2.25 bits per heavy atom.